The Balaban J connectivity index is 2.04. The second-order valence-corrected chi connectivity index (χ2v) is 5.18. The van der Waals surface area contributed by atoms with Crippen molar-refractivity contribution in [1.82, 2.24) is 5.32 Å². The molecule has 1 aromatic carbocycles. The van der Waals surface area contributed by atoms with E-state index >= 15 is 0 Å². The van der Waals surface area contributed by atoms with Crippen LogP contribution in [0.3, 0.4) is 0 Å². The molecule has 1 aromatic rings. The van der Waals surface area contributed by atoms with Crippen LogP contribution in [-0.4, -0.2) is 13.3 Å². The minimum atomic E-state index is 0.324. The molecular formula is C12H16BrNO2. The van der Waals surface area contributed by atoms with E-state index in [-0.39, 0.29) is 0 Å². The molecule has 0 saturated heterocycles. The van der Waals surface area contributed by atoms with Gasteiger partial charge in [0, 0.05) is 11.0 Å². The fraction of sp³-hybridized carbons (Fsp3) is 0.500. The molecule has 1 N–H and O–H groups in total. The Morgan fingerprint density at radius 3 is 2.69 bits per heavy atom. The van der Waals surface area contributed by atoms with Crippen molar-refractivity contribution < 1.29 is 9.47 Å². The van der Waals surface area contributed by atoms with Crippen LogP contribution in [0.2, 0.25) is 0 Å². The number of ether oxygens (including phenoxy) is 2. The molecule has 1 aliphatic rings. The fourth-order valence-corrected chi connectivity index (χ4v) is 2.05. The number of halogens is 1. The third kappa shape index (κ3) is 2.68. The SMILES string of the molecule is CC(C)CNCc1cc2c(cc1Br)OCO2. The Morgan fingerprint density at radius 2 is 2.00 bits per heavy atom. The highest BCUT2D eigenvalue weighted by Crippen LogP contribution is 2.36. The van der Waals surface area contributed by atoms with Crippen molar-refractivity contribution in [3.63, 3.8) is 0 Å². The van der Waals surface area contributed by atoms with Gasteiger partial charge in [-0.2, -0.15) is 0 Å². The number of fused-ring (bicyclic) bond motifs is 1. The minimum Gasteiger partial charge on any atom is -0.454 e. The van der Waals surface area contributed by atoms with Crippen LogP contribution < -0.4 is 14.8 Å². The summed E-state index contributed by atoms with van der Waals surface area (Å²) in [6, 6.07) is 3.99. The van der Waals surface area contributed by atoms with E-state index in [0.717, 1.165) is 29.1 Å². The van der Waals surface area contributed by atoms with Crippen molar-refractivity contribution in [2.45, 2.75) is 20.4 Å². The summed E-state index contributed by atoms with van der Waals surface area (Å²) in [5, 5.41) is 3.41. The van der Waals surface area contributed by atoms with Crippen LogP contribution in [0.15, 0.2) is 16.6 Å². The van der Waals surface area contributed by atoms with Gasteiger partial charge in [-0.15, -0.1) is 0 Å². The third-order valence-corrected chi connectivity index (χ3v) is 3.15. The van der Waals surface area contributed by atoms with Gasteiger partial charge in [-0.1, -0.05) is 29.8 Å². The first-order valence-corrected chi connectivity index (χ1v) is 6.25. The van der Waals surface area contributed by atoms with Crippen LogP contribution in [0, 0.1) is 5.92 Å². The summed E-state index contributed by atoms with van der Waals surface area (Å²) < 4.78 is 11.7. The van der Waals surface area contributed by atoms with Gasteiger partial charge in [-0.05, 0) is 30.2 Å². The quantitative estimate of drug-likeness (QED) is 0.923. The molecule has 0 aliphatic carbocycles. The lowest BCUT2D eigenvalue weighted by molar-refractivity contribution is 0.174. The first-order valence-electron chi connectivity index (χ1n) is 5.45. The van der Waals surface area contributed by atoms with Gasteiger partial charge in [-0.3, -0.25) is 0 Å². The van der Waals surface area contributed by atoms with Crippen LogP contribution in [-0.2, 0) is 6.54 Å². The summed E-state index contributed by atoms with van der Waals surface area (Å²) >= 11 is 3.54. The van der Waals surface area contributed by atoms with E-state index in [9.17, 15) is 0 Å². The van der Waals surface area contributed by atoms with E-state index < -0.39 is 0 Å². The second kappa shape index (κ2) is 5.06. The molecule has 1 aliphatic heterocycles. The van der Waals surface area contributed by atoms with Gasteiger partial charge in [0.2, 0.25) is 6.79 Å². The Bertz CT molecular complexity index is 380. The zero-order valence-corrected chi connectivity index (χ0v) is 11.1. The number of nitrogens with one attached hydrogen (secondary N) is 1. The highest BCUT2D eigenvalue weighted by Gasteiger charge is 2.15. The van der Waals surface area contributed by atoms with Crippen LogP contribution in [0.25, 0.3) is 0 Å². The molecule has 88 valence electrons. The fourth-order valence-electron chi connectivity index (χ4n) is 1.59. The number of hydrogen-bond donors (Lipinski definition) is 1. The predicted octanol–water partition coefficient (Wildman–Crippen LogP) is 2.92. The molecule has 0 spiro atoms. The highest BCUT2D eigenvalue weighted by atomic mass is 79.9. The van der Waals surface area contributed by atoms with E-state index in [1.165, 1.54) is 5.56 Å². The van der Waals surface area contributed by atoms with E-state index in [2.05, 4.69) is 35.1 Å². The number of benzene rings is 1. The lowest BCUT2D eigenvalue weighted by Crippen LogP contribution is -2.19. The van der Waals surface area contributed by atoms with E-state index in [1.807, 2.05) is 12.1 Å². The maximum atomic E-state index is 5.35. The van der Waals surface area contributed by atoms with Gasteiger partial charge in [0.1, 0.15) is 0 Å². The summed E-state index contributed by atoms with van der Waals surface area (Å²) in [7, 11) is 0. The average molecular weight is 286 g/mol. The summed E-state index contributed by atoms with van der Waals surface area (Å²) in [6.45, 7) is 6.57. The van der Waals surface area contributed by atoms with E-state index in [0.29, 0.717) is 12.7 Å². The molecule has 0 saturated carbocycles. The van der Waals surface area contributed by atoms with Crippen molar-refractivity contribution in [3.8, 4) is 11.5 Å². The van der Waals surface area contributed by atoms with Gasteiger partial charge in [-0.25, -0.2) is 0 Å². The predicted molar refractivity (Wildman–Crippen MR) is 66.8 cm³/mol. The Labute approximate surface area is 104 Å². The molecule has 4 heteroatoms. The van der Waals surface area contributed by atoms with Crippen molar-refractivity contribution in [2.24, 2.45) is 5.92 Å². The Kier molecular flexibility index (Phi) is 3.71. The largest absolute Gasteiger partial charge is 0.454 e. The number of hydrogen-bond acceptors (Lipinski definition) is 3. The lowest BCUT2D eigenvalue weighted by atomic mass is 10.2. The summed E-state index contributed by atoms with van der Waals surface area (Å²) in [6.07, 6.45) is 0. The molecule has 0 aromatic heterocycles. The molecule has 0 bridgehead atoms. The first kappa shape index (κ1) is 11.7. The van der Waals surface area contributed by atoms with Gasteiger partial charge in [0.15, 0.2) is 11.5 Å². The molecule has 0 radical (unpaired) electrons. The topological polar surface area (TPSA) is 30.5 Å². The maximum Gasteiger partial charge on any atom is 0.231 e. The average Bonchev–Trinajstić information content (AvgIpc) is 2.64. The Hall–Kier alpha value is -0.740. The van der Waals surface area contributed by atoms with Gasteiger partial charge in [0.25, 0.3) is 0 Å². The normalized spacial score (nSPS) is 13.5. The van der Waals surface area contributed by atoms with Crippen LogP contribution >= 0.6 is 15.9 Å². The molecule has 16 heavy (non-hydrogen) atoms. The van der Waals surface area contributed by atoms with E-state index in [4.69, 9.17) is 9.47 Å². The maximum absolute atomic E-state index is 5.35. The molecule has 0 unspecified atom stereocenters. The van der Waals surface area contributed by atoms with Gasteiger partial charge < -0.3 is 14.8 Å². The van der Waals surface area contributed by atoms with Crippen molar-refractivity contribution in [3.05, 3.63) is 22.2 Å². The second-order valence-electron chi connectivity index (χ2n) is 4.32. The zero-order chi connectivity index (χ0) is 11.5. The first-order chi connectivity index (χ1) is 7.66. The van der Waals surface area contributed by atoms with Crippen molar-refractivity contribution in [1.29, 1.82) is 0 Å². The van der Waals surface area contributed by atoms with Crippen LogP contribution in [0.1, 0.15) is 19.4 Å². The minimum absolute atomic E-state index is 0.324. The monoisotopic (exact) mass is 285 g/mol. The third-order valence-electron chi connectivity index (χ3n) is 2.41. The van der Waals surface area contributed by atoms with Gasteiger partial charge >= 0.3 is 0 Å². The van der Waals surface area contributed by atoms with E-state index in [1.54, 1.807) is 0 Å². The molecule has 1 heterocycles. The molecular weight excluding hydrogens is 270 g/mol. The van der Waals surface area contributed by atoms with Crippen LogP contribution in [0.4, 0.5) is 0 Å². The van der Waals surface area contributed by atoms with Gasteiger partial charge in [0.05, 0.1) is 0 Å². The van der Waals surface area contributed by atoms with Crippen molar-refractivity contribution >= 4 is 15.9 Å². The van der Waals surface area contributed by atoms with Crippen LogP contribution in [0.5, 0.6) is 11.5 Å². The summed E-state index contributed by atoms with van der Waals surface area (Å²) in [5.41, 5.74) is 1.20. The highest BCUT2D eigenvalue weighted by molar-refractivity contribution is 9.10. The zero-order valence-electron chi connectivity index (χ0n) is 9.55. The molecule has 2 rings (SSSR count). The molecule has 0 fully saturated rings. The molecule has 0 amide bonds. The summed E-state index contributed by atoms with van der Waals surface area (Å²) in [5.74, 6) is 2.32. The standard InChI is InChI=1S/C12H16BrNO2/c1-8(2)5-14-6-9-3-11-12(4-10(9)13)16-7-15-11/h3-4,8,14H,5-7H2,1-2H3. The molecule has 3 nitrogen and oxygen atoms in total. The Morgan fingerprint density at radius 1 is 1.31 bits per heavy atom. The summed E-state index contributed by atoms with van der Waals surface area (Å²) in [4.78, 5) is 0. The number of rotatable bonds is 4. The molecule has 0 atom stereocenters. The van der Waals surface area contributed by atoms with Crippen molar-refractivity contribution in [2.75, 3.05) is 13.3 Å². The smallest absolute Gasteiger partial charge is 0.231 e. The lowest BCUT2D eigenvalue weighted by Gasteiger charge is -2.09.